The summed E-state index contributed by atoms with van der Waals surface area (Å²) >= 11 is 0. The lowest BCUT2D eigenvalue weighted by Crippen LogP contribution is -2.41. The molecule has 1 N–H and O–H groups in total. The van der Waals surface area contributed by atoms with Gasteiger partial charge in [-0.25, -0.2) is 9.07 Å². The first-order valence-electron chi connectivity index (χ1n) is 10.2. The summed E-state index contributed by atoms with van der Waals surface area (Å²) in [5, 5.41) is 19.0. The molecule has 0 bridgehead atoms. The van der Waals surface area contributed by atoms with Crippen LogP contribution < -0.4 is 0 Å². The summed E-state index contributed by atoms with van der Waals surface area (Å²) in [4.78, 5) is 30.1. The third-order valence-corrected chi connectivity index (χ3v) is 5.77. The highest BCUT2D eigenvalue weighted by Crippen LogP contribution is 2.26. The first-order chi connectivity index (χ1) is 14.7. The van der Waals surface area contributed by atoms with Gasteiger partial charge in [0.15, 0.2) is 0 Å². The number of benzene rings is 1. The number of aromatic nitrogens is 4. The van der Waals surface area contributed by atoms with Crippen molar-refractivity contribution in [2.75, 3.05) is 13.1 Å². The van der Waals surface area contributed by atoms with Crippen molar-refractivity contribution in [1.29, 1.82) is 0 Å². The van der Waals surface area contributed by atoms with Gasteiger partial charge in [0.25, 0.3) is 5.91 Å². The van der Waals surface area contributed by atoms with Gasteiger partial charge in [0.1, 0.15) is 5.82 Å². The molecule has 31 heavy (non-hydrogen) atoms. The summed E-state index contributed by atoms with van der Waals surface area (Å²) in [7, 11) is 0. The second-order valence-electron chi connectivity index (χ2n) is 8.66. The van der Waals surface area contributed by atoms with Crippen LogP contribution in [-0.4, -0.2) is 55.0 Å². The molecule has 1 unspecified atom stereocenters. The Kier molecular flexibility index (Phi) is 5.43. The van der Waals surface area contributed by atoms with Gasteiger partial charge in [0.05, 0.1) is 22.7 Å². The number of halogens is 1. The molecule has 1 fully saturated rings. The molecule has 1 amide bonds. The lowest BCUT2D eigenvalue weighted by atomic mass is 9.88. The maximum Gasteiger partial charge on any atom is 0.309 e. The zero-order valence-electron chi connectivity index (χ0n) is 17.5. The van der Waals surface area contributed by atoms with Crippen LogP contribution in [0.25, 0.3) is 10.8 Å². The number of amides is 1. The highest BCUT2D eigenvalue weighted by Gasteiger charge is 2.31. The minimum Gasteiger partial charge on any atom is -0.481 e. The molecule has 0 saturated carbocycles. The van der Waals surface area contributed by atoms with Crippen LogP contribution in [0.3, 0.4) is 0 Å². The van der Waals surface area contributed by atoms with E-state index in [4.69, 9.17) is 0 Å². The summed E-state index contributed by atoms with van der Waals surface area (Å²) in [5.41, 5.74) is -0.315. The number of pyridine rings is 1. The Bertz CT molecular complexity index is 1140. The van der Waals surface area contributed by atoms with E-state index in [9.17, 15) is 19.1 Å². The summed E-state index contributed by atoms with van der Waals surface area (Å²) in [6.45, 7) is 4.21. The number of hydrogen-bond acceptors (Lipinski definition) is 5. The van der Waals surface area contributed by atoms with Gasteiger partial charge in [0, 0.05) is 43.5 Å². The van der Waals surface area contributed by atoms with Crippen LogP contribution >= 0.6 is 0 Å². The zero-order chi connectivity index (χ0) is 22.2. The molecule has 1 aliphatic rings. The molecule has 1 atom stereocenters. The van der Waals surface area contributed by atoms with Gasteiger partial charge >= 0.3 is 5.97 Å². The standard InChI is InChI=1S/C22H24FN5O3/c1-22(2,21(30)31)10-16-12-28(26-25-16)17-4-3-7-27(13-17)20(29)18-8-14-5-6-24-11-15(14)9-19(18)23/h5-6,8-9,11-12,17H,3-4,7,10,13H2,1-2H3,(H,30,31). The second kappa shape index (κ2) is 8.05. The largest absolute Gasteiger partial charge is 0.481 e. The number of likely N-dealkylation sites (tertiary alicyclic amines) is 1. The van der Waals surface area contributed by atoms with E-state index >= 15 is 0 Å². The van der Waals surface area contributed by atoms with Gasteiger partial charge in [-0.15, -0.1) is 5.10 Å². The molecule has 1 aromatic carbocycles. The number of carboxylic acids is 1. The third kappa shape index (κ3) is 4.26. The molecule has 0 radical (unpaired) electrons. The maximum absolute atomic E-state index is 14.6. The van der Waals surface area contributed by atoms with E-state index in [0.717, 1.165) is 18.2 Å². The summed E-state index contributed by atoms with van der Waals surface area (Å²) in [6, 6.07) is 4.56. The highest BCUT2D eigenvalue weighted by molar-refractivity contribution is 5.98. The molecule has 0 aliphatic carbocycles. The number of fused-ring (bicyclic) bond motifs is 1. The fourth-order valence-electron chi connectivity index (χ4n) is 3.90. The highest BCUT2D eigenvalue weighted by atomic mass is 19.1. The van der Waals surface area contributed by atoms with E-state index in [-0.39, 0.29) is 23.9 Å². The molecule has 1 aliphatic heterocycles. The van der Waals surface area contributed by atoms with Crippen molar-refractivity contribution in [2.24, 2.45) is 5.41 Å². The van der Waals surface area contributed by atoms with Crippen LogP contribution in [0.1, 0.15) is 48.8 Å². The van der Waals surface area contributed by atoms with Crippen LogP contribution in [0.4, 0.5) is 4.39 Å². The van der Waals surface area contributed by atoms with Crippen molar-refractivity contribution in [1.82, 2.24) is 24.9 Å². The smallest absolute Gasteiger partial charge is 0.309 e. The maximum atomic E-state index is 14.6. The van der Waals surface area contributed by atoms with E-state index < -0.39 is 17.2 Å². The minimum atomic E-state index is -0.946. The number of nitrogens with zero attached hydrogens (tertiary/aromatic N) is 5. The Labute approximate surface area is 178 Å². The number of carbonyl (C=O) groups is 2. The average Bonchev–Trinajstić information content (AvgIpc) is 3.20. The molecule has 8 nitrogen and oxygen atoms in total. The van der Waals surface area contributed by atoms with Gasteiger partial charge in [-0.05, 0) is 50.3 Å². The Morgan fingerprint density at radius 2 is 2.10 bits per heavy atom. The van der Waals surface area contributed by atoms with Gasteiger partial charge in [-0.2, -0.15) is 0 Å². The molecule has 4 rings (SSSR count). The van der Waals surface area contributed by atoms with Crippen molar-refractivity contribution in [3.05, 3.63) is 53.9 Å². The molecule has 3 heterocycles. The third-order valence-electron chi connectivity index (χ3n) is 5.77. The predicted octanol–water partition coefficient (Wildman–Crippen LogP) is 3.10. The average molecular weight is 425 g/mol. The molecule has 9 heteroatoms. The molecule has 1 saturated heterocycles. The van der Waals surface area contributed by atoms with Gasteiger partial charge in [-0.1, -0.05) is 5.21 Å². The fourth-order valence-corrected chi connectivity index (χ4v) is 3.90. The first-order valence-corrected chi connectivity index (χ1v) is 10.2. The van der Waals surface area contributed by atoms with Crippen molar-refractivity contribution in [2.45, 2.75) is 39.2 Å². The van der Waals surface area contributed by atoms with Crippen molar-refractivity contribution >= 4 is 22.6 Å². The number of hydrogen-bond donors (Lipinski definition) is 1. The molecular weight excluding hydrogens is 401 g/mol. The lowest BCUT2D eigenvalue weighted by Gasteiger charge is -2.32. The molecule has 0 spiro atoms. The van der Waals surface area contributed by atoms with Crippen LogP contribution in [0.5, 0.6) is 0 Å². The summed E-state index contributed by atoms with van der Waals surface area (Å²) in [6.07, 6.45) is 6.74. The molecule has 2 aromatic heterocycles. The minimum absolute atomic E-state index is 0.0434. The SMILES string of the molecule is CC(C)(Cc1cn(C2CCCN(C(=O)c3cc4ccncc4cc3F)C2)nn1)C(=O)O. The lowest BCUT2D eigenvalue weighted by molar-refractivity contribution is -0.146. The van der Waals surface area contributed by atoms with Crippen LogP contribution in [0.15, 0.2) is 36.8 Å². The van der Waals surface area contributed by atoms with Gasteiger partial charge in [0.2, 0.25) is 0 Å². The number of carboxylic acid groups (broad SMARTS) is 1. The van der Waals surface area contributed by atoms with Gasteiger partial charge < -0.3 is 10.0 Å². The predicted molar refractivity (Wildman–Crippen MR) is 111 cm³/mol. The number of carbonyl (C=O) groups excluding carboxylic acids is 1. The Morgan fingerprint density at radius 1 is 1.29 bits per heavy atom. The van der Waals surface area contributed by atoms with Crippen LogP contribution in [0.2, 0.25) is 0 Å². The zero-order valence-corrected chi connectivity index (χ0v) is 17.5. The Morgan fingerprint density at radius 3 is 2.87 bits per heavy atom. The molecular formula is C22H24FN5O3. The van der Waals surface area contributed by atoms with Gasteiger partial charge in [-0.3, -0.25) is 14.6 Å². The van der Waals surface area contributed by atoms with E-state index in [0.29, 0.717) is 24.2 Å². The van der Waals surface area contributed by atoms with Crippen molar-refractivity contribution in [3.8, 4) is 0 Å². The molecule has 162 valence electrons. The summed E-state index contributed by atoms with van der Waals surface area (Å²) < 4.78 is 16.3. The quantitative estimate of drug-likeness (QED) is 0.674. The second-order valence-corrected chi connectivity index (χ2v) is 8.66. The monoisotopic (exact) mass is 425 g/mol. The van der Waals surface area contributed by atoms with E-state index in [1.54, 1.807) is 54.2 Å². The number of piperidine rings is 1. The van der Waals surface area contributed by atoms with Crippen LogP contribution in [-0.2, 0) is 11.2 Å². The fraction of sp³-hybridized carbons (Fsp3) is 0.409. The number of aliphatic carboxylic acids is 1. The Hall–Kier alpha value is -3.36. The van der Waals surface area contributed by atoms with Crippen molar-refractivity contribution in [3.63, 3.8) is 0 Å². The van der Waals surface area contributed by atoms with E-state index in [2.05, 4.69) is 15.3 Å². The number of rotatable bonds is 5. The van der Waals surface area contributed by atoms with E-state index in [1.165, 1.54) is 6.07 Å². The topological polar surface area (TPSA) is 101 Å². The van der Waals surface area contributed by atoms with Crippen molar-refractivity contribution < 1.29 is 19.1 Å². The normalized spacial score (nSPS) is 17.1. The van der Waals surface area contributed by atoms with Crippen LogP contribution in [0, 0.1) is 11.2 Å². The first kappa shape index (κ1) is 20.9. The molecule has 3 aromatic rings. The summed E-state index contributed by atoms with van der Waals surface area (Å²) in [5.74, 6) is -1.82. The Balaban J connectivity index is 1.51. The van der Waals surface area contributed by atoms with E-state index in [1.807, 2.05) is 0 Å².